The van der Waals surface area contributed by atoms with Crippen molar-refractivity contribution >= 4 is 17.4 Å². The van der Waals surface area contributed by atoms with E-state index >= 15 is 0 Å². The predicted octanol–water partition coefficient (Wildman–Crippen LogP) is 3.46. The number of fused-ring (bicyclic) bond motifs is 2. The number of ether oxygens (including phenoxy) is 2. The standard InChI is InChI=1S/C21H22N2O3/c22-20-9-5-4-8-19(20)16-10-17-13-25-14-18(11-16)23(17)21(24)26-12-15-6-2-1-3-7-15/h1-10,17-18H,11-14,22H2. The molecule has 5 nitrogen and oxygen atoms in total. The summed E-state index contributed by atoms with van der Waals surface area (Å²) < 4.78 is 11.2. The number of nitrogens with zero attached hydrogens (tertiary/aromatic N) is 1. The minimum absolute atomic E-state index is 0.0309. The third kappa shape index (κ3) is 3.30. The van der Waals surface area contributed by atoms with E-state index in [-0.39, 0.29) is 24.8 Å². The monoisotopic (exact) mass is 350 g/mol. The van der Waals surface area contributed by atoms with Gasteiger partial charge in [-0.1, -0.05) is 54.6 Å². The molecule has 26 heavy (non-hydrogen) atoms. The number of anilines is 1. The summed E-state index contributed by atoms with van der Waals surface area (Å²) in [6, 6.07) is 17.4. The highest BCUT2D eigenvalue weighted by atomic mass is 16.6. The summed E-state index contributed by atoms with van der Waals surface area (Å²) in [5.41, 5.74) is 10.1. The van der Waals surface area contributed by atoms with Crippen LogP contribution < -0.4 is 5.73 Å². The first-order valence-electron chi connectivity index (χ1n) is 8.84. The van der Waals surface area contributed by atoms with E-state index in [9.17, 15) is 4.79 Å². The summed E-state index contributed by atoms with van der Waals surface area (Å²) in [4.78, 5) is 14.5. The molecule has 1 fully saturated rings. The van der Waals surface area contributed by atoms with Crippen molar-refractivity contribution in [2.75, 3.05) is 18.9 Å². The first-order chi connectivity index (χ1) is 12.7. The molecule has 5 heteroatoms. The van der Waals surface area contributed by atoms with Crippen LogP contribution in [0.5, 0.6) is 0 Å². The maximum atomic E-state index is 12.7. The Balaban J connectivity index is 1.51. The van der Waals surface area contributed by atoms with E-state index in [1.165, 1.54) is 5.57 Å². The van der Waals surface area contributed by atoms with Crippen molar-refractivity contribution in [2.45, 2.75) is 25.1 Å². The van der Waals surface area contributed by atoms with Gasteiger partial charge in [0, 0.05) is 11.3 Å². The van der Waals surface area contributed by atoms with Crippen molar-refractivity contribution in [2.24, 2.45) is 0 Å². The second-order valence-corrected chi connectivity index (χ2v) is 6.69. The van der Waals surface area contributed by atoms with Gasteiger partial charge in [0.25, 0.3) is 0 Å². The highest BCUT2D eigenvalue weighted by Crippen LogP contribution is 2.35. The molecule has 2 heterocycles. The highest BCUT2D eigenvalue weighted by Gasteiger charge is 2.39. The minimum atomic E-state index is -0.288. The van der Waals surface area contributed by atoms with Gasteiger partial charge in [-0.15, -0.1) is 0 Å². The molecule has 4 rings (SSSR count). The number of carbonyl (C=O) groups is 1. The van der Waals surface area contributed by atoms with Crippen molar-refractivity contribution in [1.29, 1.82) is 0 Å². The number of hydrogen-bond donors (Lipinski definition) is 1. The first kappa shape index (κ1) is 16.7. The fourth-order valence-corrected chi connectivity index (χ4v) is 3.66. The number of nitrogens with two attached hydrogens (primary N) is 1. The third-order valence-electron chi connectivity index (χ3n) is 4.92. The summed E-state index contributed by atoms with van der Waals surface area (Å²) in [5.74, 6) is 0. The molecular formula is C21H22N2O3. The molecule has 1 amide bonds. The normalized spacial score (nSPS) is 21.8. The van der Waals surface area contributed by atoms with Gasteiger partial charge in [0.05, 0.1) is 25.3 Å². The molecule has 134 valence electrons. The maximum absolute atomic E-state index is 12.7. The minimum Gasteiger partial charge on any atom is -0.445 e. The van der Waals surface area contributed by atoms with Gasteiger partial charge in [0.15, 0.2) is 0 Å². The van der Waals surface area contributed by atoms with Crippen molar-refractivity contribution in [3.63, 3.8) is 0 Å². The van der Waals surface area contributed by atoms with Crippen LogP contribution in [0, 0.1) is 0 Å². The molecule has 2 aliphatic rings. The summed E-state index contributed by atoms with van der Waals surface area (Å²) in [5, 5.41) is 0. The number of rotatable bonds is 3. The molecule has 0 saturated carbocycles. The summed E-state index contributed by atoms with van der Waals surface area (Å²) in [7, 11) is 0. The Hall–Kier alpha value is -2.79. The van der Waals surface area contributed by atoms with Crippen LogP contribution in [-0.4, -0.2) is 36.3 Å². The van der Waals surface area contributed by atoms with Crippen molar-refractivity contribution in [3.8, 4) is 0 Å². The fourth-order valence-electron chi connectivity index (χ4n) is 3.66. The Morgan fingerprint density at radius 3 is 2.65 bits per heavy atom. The molecule has 2 aliphatic heterocycles. The van der Waals surface area contributed by atoms with E-state index in [1.807, 2.05) is 59.5 Å². The summed E-state index contributed by atoms with van der Waals surface area (Å²) in [6.45, 7) is 1.27. The molecular weight excluding hydrogens is 328 g/mol. The number of carbonyl (C=O) groups excluding carboxylic acids is 1. The smallest absolute Gasteiger partial charge is 0.411 e. The van der Waals surface area contributed by atoms with Gasteiger partial charge in [-0.25, -0.2) is 4.79 Å². The zero-order chi connectivity index (χ0) is 17.9. The lowest BCUT2D eigenvalue weighted by atomic mass is 9.89. The van der Waals surface area contributed by atoms with Gasteiger partial charge in [-0.2, -0.15) is 0 Å². The lowest BCUT2D eigenvalue weighted by Gasteiger charge is -2.43. The first-order valence-corrected chi connectivity index (χ1v) is 8.84. The lowest BCUT2D eigenvalue weighted by Crippen LogP contribution is -2.56. The van der Waals surface area contributed by atoms with E-state index in [0.717, 1.165) is 16.8 Å². The largest absolute Gasteiger partial charge is 0.445 e. The Bertz CT molecular complexity index is 819. The SMILES string of the molecule is Nc1ccccc1C1=CC2COCC(C1)N2C(=O)OCc1ccccc1. The molecule has 2 aromatic rings. The van der Waals surface area contributed by atoms with Crippen LogP contribution in [0.3, 0.4) is 0 Å². The predicted molar refractivity (Wildman–Crippen MR) is 100 cm³/mol. The van der Waals surface area contributed by atoms with Crippen LogP contribution in [0.15, 0.2) is 60.7 Å². The van der Waals surface area contributed by atoms with Crippen LogP contribution >= 0.6 is 0 Å². The number of benzene rings is 2. The van der Waals surface area contributed by atoms with Gasteiger partial charge < -0.3 is 15.2 Å². The quantitative estimate of drug-likeness (QED) is 0.861. The van der Waals surface area contributed by atoms with E-state index in [2.05, 4.69) is 6.08 Å². The van der Waals surface area contributed by atoms with Gasteiger partial charge in [0.1, 0.15) is 6.61 Å². The number of para-hydroxylation sites is 1. The average Bonchev–Trinajstić information content (AvgIpc) is 2.66. The zero-order valence-electron chi connectivity index (χ0n) is 14.5. The van der Waals surface area contributed by atoms with Gasteiger partial charge in [-0.3, -0.25) is 4.90 Å². The van der Waals surface area contributed by atoms with Crippen LogP contribution in [0.25, 0.3) is 5.57 Å². The van der Waals surface area contributed by atoms with Crippen molar-refractivity contribution < 1.29 is 14.3 Å². The molecule has 1 saturated heterocycles. The summed E-state index contributed by atoms with van der Waals surface area (Å²) in [6.07, 6.45) is 2.51. The van der Waals surface area contributed by atoms with Crippen LogP contribution in [0.4, 0.5) is 10.5 Å². The zero-order valence-corrected chi connectivity index (χ0v) is 14.5. The number of morpholine rings is 1. The molecule has 0 aromatic heterocycles. The third-order valence-corrected chi connectivity index (χ3v) is 4.92. The van der Waals surface area contributed by atoms with Gasteiger partial charge >= 0.3 is 6.09 Å². The maximum Gasteiger partial charge on any atom is 0.411 e. The Kier molecular flexibility index (Phi) is 4.63. The molecule has 2 bridgehead atoms. The molecule has 2 atom stereocenters. The Labute approximate surface area is 153 Å². The number of hydrogen-bond acceptors (Lipinski definition) is 4. The van der Waals surface area contributed by atoms with Crippen molar-refractivity contribution in [1.82, 2.24) is 4.90 Å². The molecule has 2 aromatic carbocycles. The highest BCUT2D eigenvalue weighted by molar-refractivity contribution is 5.79. The van der Waals surface area contributed by atoms with E-state index < -0.39 is 0 Å². The number of amides is 1. The van der Waals surface area contributed by atoms with Gasteiger partial charge in [0.2, 0.25) is 0 Å². The Morgan fingerprint density at radius 1 is 1.12 bits per heavy atom. The molecule has 0 aliphatic carbocycles. The van der Waals surface area contributed by atoms with Crippen LogP contribution in [0.2, 0.25) is 0 Å². The summed E-state index contributed by atoms with van der Waals surface area (Å²) >= 11 is 0. The second kappa shape index (κ2) is 7.22. The van der Waals surface area contributed by atoms with Crippen molar-refractivity contribution in [3.05, 3.63) is 71.8 Å². The van der Waals surface area contributed by atoms with Crippen LogP contribution in [0.1, 0.15) is 17.5 Å². The van der Waals surface area contributed by atoms with Gasteiger partial charge in [-0.05, 0) is 23.6 Å². The lowest BCUT2D eigenvalue weighted by molar-refractivity contribution is -0.0342. The molecule has 2 N–H and O–H groups in total. The van der Waals surface area contributed by atoms with Crippen LogP contribution in [-0.2, 0) is 16.1 Å². The fraction of sp³-hybridized carbons (Fsp3) is 0.286. The molecule has 0 spiro atoms. The average molecular weight is 350 g/mol. The van der Waals surface area contributed by atoms with E-state index in [1.54, 1.807) is 0 Å². The second-order valence-electron chi connectivity index (χ2n) is 6.69. The van der Waals surface area contributed by atoms with E-state index in [0.29, 0.717) is 19.6 Å². The molecule has 0 radical (unpaired) electrons. The molecule has 2 unspecified atom stereocenters. The number of nitrogen functional groups attached to an aromatic ring is 1. The van der Waals surface area contributed by atoms with E-state index in [4.69, 9.17) is 15.2 Å². The Morgan fingerprint density at radius 2 is 1.88 bits per heavy atom. The topological polar surface area (TPSA) is 64.8 Å².